The average molecular weight is 632 g/mol. The number of H-pyrrole nitrogens is 1. The van der Waals surface area contributed by atoms with Gasteiger partial charge in [0.25, 0.3) is 16.0 Å². The van der Waals surface area contributed by atoms with E-state index in [1.165, 1.54) is 0 Å². The first-order valence-corrected chi connectivity index (χ1v) is 14.2. The Labute approximate surface area is 242 Å². The molecule has 1 aliphatic rings. The fourth-order valence-electron chi connectivity index (χ4n) is 4.01. The van der Waals surface area contributed by atoms with Gasteiger partial charge in [0.15, 0.2) is 0 Å². The maximum Gasteiger partial charge on any atom is 0.417 e. The second kappa shape index (κ2) is 11.0. The number of carbonyl (C=O) groups is 1. The van der Waals surface area contributed by atoms with E-state index in [9.17, 15) is 26.4 Å². The Balaban J connectivity index is 0.000000714. The lowest BCUT2D eigenvalue weighted by Gasteiger charge is -2.18. The highest BCUT2D eigenvalue weighted by Gasteiger charge is 2.36. The molecule has 0 bridgehead atoms. The first-order chi connectivity index (χ1) is 18.9. The molecule has 0 radical (unpaired) electrons. The molecular weight excluding hydrogens is 610 g/mol. The van der Waals surface area contributed by atoms with E-state index in [1.807, 2.05) is 13.8 Å². The fourth-order valence-corrected chi connectivity index (χ4v) is 4.50. The number of ether oxygens (including phenoxy) is 1. The lowest BCUT2D eigenvalue weighted by atomic mass is 9.99. The van der Waals surface area contributed by atoms with E-state index in [0.717, 1.165) is 17.7 Å². The van der Waals surface area contributed by atoms with Crippen molar-refractivity contribution in [2.45, 2.75) is 32.0 Å². The number of rotatable bonds is 4. The van der Waals surface area contributed by atoms with Crippen molar-refractivity contribution < 1.29 is 35.7 Å². The first kappa shape index (κ1) is 30.4. The van der Waals surface area contributed by atoms with E-state index in [0.29, 0.717) is 57.3 Å². The average Bonchev–Trinajstić information content (AvgIpc) is 3.38. The standard InChI is InChI=1S/C24H18Cl2F3N5O2.CH4O3S/c1-23(2)9-13-18-16(31-22(33-18)34-19-14(25)4-3-5-15(19)26)8-12(20(13)36-23)21(35)32-17-7-6-11(10-30-17)24(27,28)29;1-5(2,3)4/h3-8,10H,9H2,1-2H3,(H,30,32,35)(H2,31,33,34);1H3,(H,2,3,4). The van der Waals surface area contributed by atoms with Gasteiger partial charge in [0.2, 0.25) is 5.95 Å². The van der Waals surface area contributed by atoms with E-state index in [4.69, 9.17) is 32.5 Å². The molecule has 0 spiro atoms. The SMILES string of the molecule is CC1(C)Cc2c(c(C(=O)Nc3ccc(C(F)(F)F)cn3)cc3nc(Nc4c(Cl)cccc4Cl)[nH]c23)O1.CS(=O)(=O)O. The van der Waals surface area contributed by atoms with Gasteiger partial charge in [0.1, 0.15) is 17.2 Å². The molecule has 5 rings (SSSR count). The number of nitrogens with one attached hydrogen (secondary N) is 3. The van der Waals surface area contributed by atoms with Gasteiger partial charge in [-0.25, -0.2) is 9.97 Å². The van der Waals surface area contributed by atoms with Crippen molar-refractivity contribution in [3.05, 3.63) is 69.3 Å². The largest absolute Gasteiger partial charge is 0.486 e. The second-order valence-corrected chi connectivity index (χ2v) is 11.9. The van der Waals surface area contributed by atoms with Crippen LogP contribution in [0.4, 0.5) is 30.6 Å². The molecule has 2 aromatic carbocycles. The van der Waals surface area contributed by atoms with Crippen molar-refractivity contribution in [2.24, 2.45) is 0 Å². The van der Waals surface area contributed by atoms with Gasteiger partial charge in [-0.3, -0.25) is 9.35 Å². The number of hydrogen-bond acceptors (Lipinski definition) is 7. The van der Waals surface area contributed by atoms with E-state index in [2.05, 4.69) is 25.6 Å². The molecule has 0 saturated heterocycles. The highest BCUT2D eigenvalue weighted by Crippen LogP contribution is 2.43. The van der Waals surface area contributed by atoms with Crippen LogP contribution in [0.3, 0.4) is 0 Å². The third kappa shape index (κ3) is 7.38. The van der Waals surface area contributed by atoms with Crippen LogP contribution in [0.2, 0.25) is 10.0 Å². The molecule has 218 valence electrons. The monoisotopic (exact) mass is 631 g/mol. The number of fused-ring (bicyclic) bond motifs is 3. The number of amides is 1. The van der Waals surface area contributed by atoms with Gasteiger partial charge >= 0.3 is 6.18 Å². The minimum Gasteiger partial charge on any atom is -0.486 e. The molecule has 4 aromatic rings. The minimum absolute atomic E-state index is 0.0307. The molecule has 3 heterocycles. The summed E-state index contributed by atoms with van der Waals surface area (Å²) in [6.45, 7) is 3.77. The third-order valence-corrected chi connectivity index (χ3v) is 6.23. The Bertz CT molecular complexity index is 1720. The Hall–Kier alpha value is -3.59. The number of pyridine rings is 1. The van der Waals surface area contributed by atoms with Crippen molar-refractivity contribution in [2.75, 3.05) is 16.9 Å². The fraction of sp³-hybridized carbons (Fsp3) is 0.240. The van der Waals surface area contributed by atoms with Gasteiger partial charge in [-0.2, -0.15) is 21.6 Å². The molecule has 1 aliphatic heterocycles. The van der Waals surface area contributed by atoms with Gasteiger partial charge in [-0.15, -0.1) is 0 Å². The van der Waals surface area contributed by atoms with Gasteiger partial charge in [0.05, 0.1) is 44.1 Å². The molecule has 10 nitrogen and oxygen atoms in total. The zero-order valence-corrected chi connectivity index (χ0v) is 23.8. The summed E-state index contributed by atoms with van der Waals surface area (Å²) in [5.41, 5.74) is 1.04. The zero-order valence-electron chi connectivity index (χ0n) is 21.5. The molecule has 4 N–H and O–H groups in total. The smallest absolute Gasteiger partial charge is 0.417 e. The zero-order chi connectivity index (χ0) is 30.3. The predicted octanol–water partition coefficient (Wildman–Crippen LogP) is 6.50. The summed E-state index contributed by atoms with van der Waals surface area (Å²) in [6.07, 6.45) is -2.66. The van der Waals surface area contributed by atoms with Crippen LogP contribution in [0.5, 0.6) is 5.75 Å². The molecular formula is C25H22Cl2F3N5O5S. The maximum absolute atomic E-state index is 13.2. The number of carbonyl (C=O) groups excluding carboxylic acids is 1. The molecule has 0 aliphatic carbocycles. The molecule has 0 saturated carbocycles. The summed E-state index contributed by atoms with van der Waals surface area (Å²) in [6, 6.07) is 8.58. The first-order valence-electron chi connectivity index (χ1n) is 11.6. The number of nitrogens with zero attached hydrogens (tertiary/aromatic N) is 2. The Morgan fingerprint density at radius 3 is 2.37 bits per heavy atom. The number of halogens is 5. The van der Waals surface area contributed by atoms with Crippen LogP contribution < -0.4 is 15.4 Å². The number of alkyl halides is 3. The Morgan fingerprint density at radius 1 is 1.17 bits per heavy atom. The summed E-state index contributed by atoms with van der Waals surface area (Å²) >= 11 is 12.5. The lowest BCUT2D eigenvalue weighted by Crippen LogP contribution is -2.25. The van der Waals surface area contributed by atoms with Crippen molar-refractivity contribution in [1.82, 2.24) is 15.0 Å². The van der Waals surface area contributed by atoms with Crippen LogP contribution in [0.1, 0.15) is 35.3 Å². The van der Waals surface area contributed by atoms with Crippen LogP contribution in [-0.4, -0.2) is 45.7 Å². The van der Waals surface area contributed by atoms with E-state index in [1.54, 1.807) is 24.3 Å². The summed E-state index contributed by atoms with van der Waals surface area (Å²) in [4.78, 5) is 24.6. The molecule has 16 heteroatoms. The molecule has 2 aromatic heterocycles. The number of anilines is 3. The minimum atomic E-state index is -4.53. The quantitative estimate of drug-likeness (QED) is 0.187. The predicted molar refractivity (Wildman–Crippen MR) is 149 cm³/mol. The summed E-state index contributed by atoms with van der Waals surface area (Å²) in [5.74, 6) is 0.0957. The lowest BCUT2D eigenvalue weighted by molar-refractivity contribution is -0.137. The van der Waals surface area contributed by atoms with Gasteiger partial charge in [-0.1, -0.05) is 29.3 Å². The van der Waals surface area contributed by atoms with E-state index in [-0.39, 0.29) is 11.4 Å². The van der Waals surface area contributed by atoms with Crippen LogP contribution in [0, 0.1) is 0 Å². The highest BCUT2D eigenvalue weighted by molar-refractivity contribution is 7.85. The van der Waals surface area contributed by atoms with Gasteiger partial charge in [0, 0.05) is 18.2 Å². The topological polar surface area (TPSA) is 146 Å². The number of hydrogen-bond donors (Lipinski definition) is 4. The number of imidazole rings is 1. The number of aromatic amines is 1. The summed E-state index contributed by atoms with van der Waals surface area (Å²) in [7, 11) is -3.67. The Kier molecular flexibility index (Phi) is 8.15. The van der Waals surface area contributed by atoms with Crippen molar-refractivity contribution in [3.63, 3.8) is 0 Å². The molecule has 0 fully saturated rings. The number of aromatic nitrogens is 3. The molecule has 41 heavy (non-hydrogen) atoms. The maximum atomic E-state index is 13.2. The summed E-state index contributed by atoms with van der Waals surface area (Å²) < 4.78 is 70.4. The van der Waals surface area contributed by atoms with Gasteiger partial charge < -0.3 is 20.4 Å². The molecule has 0 atom stereocenters. The summed E-state index contributed by atoms with van der Waals surface area (Å²) in [5, 5.41) is 6.42. The third-order valence-electron chi connectivity index (χ3n) is 5.60. The van der Waals surface area contributed by atoms with Crippen LogP contribution in [-0.2, 0) is 22.7 Å². The van der Waals surface area contributed by atoms with E-state index >= 15 is 0 Å². The number of para-hydroxylation sites is 1. The van der Waals surface area contributed by atoms with Crippen LogP contribution >= 0.6 is 23.2 Å². The van der Waals surface area contributed by atoms with Gasteiger partial charge in [-0.05, 0) is 44.2 Å². The van der Waals surface area contributed by atoms with E-state index < -0.39 is 33.4 Å². The number of benzene rings is 2. The van der Waals surface area contributed by atoms with Crippen molar-refractivity contribution in [1.29, 1.82) is 0 Å². The second-order valence-electron chi connectivity index (χ2n) is 9.59. The normalized spacial score (nSPS) is 14.1. The van der Waals surface area contributed by atoms with Crippen LogP contribution in [0.15, 0.2) is 42.6 Å². The highest BCUT2D eigenvalue weighted by atomic mass is 35.5. The molecule has 0 unspecified atom stereocenters. The van der Waals surface area contributed by atoms with Crippen molar-refractivity contribution >= 4 is 67.7 Å². The Morgan fingerprint density at radius 2 is 1.80 bits per heavy atom. The van der Waals surface area contributed by atoms with Crippen LogP contribution in [0.25, 0.3) is 11.0 Å². The van der Waals surface area contributed by atoms with Crippen molar-refractivity contribution in [3.8, 4) is 5.75 Å². The molecule has 1 amide bonds.